The van der Waals surface area contributed by atoms with E-state index in [1.807, 2.05) is 24.3 Å². The van der Waals surface area contributed by atoms with Gasteiger partial charge in [-0.15, -0.1) is 5.06 Å². The third-order valence-electron chi connectivity index (χ3n) is 4.43. The van der Waals surface area contributed by atoms with Crippen LogP contribution in [0.5, 0.6) is 0 Å². The van der Waals surface area contributed by atoms with Crippen LogP contribution in [0.1, 0.15) is 34.8 Å². The van der Waals surface area contributed by atoms with E-state index in [1.165, 1.54) is 0 Å². The van der Waals surface area contributed by atoms with Crippen molar-refractivity contribution in [2.75, 3.05) is 13.1 Å². The number of carbonyl (C=O) groups is 1. The number of aromatic nitrogens is 3. The number of carbonyl (C=O) groups excluding carboxylic acids is 1. The van der Waals surface area contributed by atoms with Gasteiger partial charge in [0.25, 0.3) is 0 Å². The lowest BCUT2D eigenvalue weighted by Crippen LogP contribution is -2.36. The van der Waals surface area contributed by atoms with Crippen molar-refractivity contribution in [3.8, 4) is 0 Å². The van der Waals surface area contributed by atoms with Gasteiger partial charge in [-0.2, -0.15) is 5.10 Å². The van der Waals surface area contributed by atoms with Gasteiger partial charge < -0.3 is 4.84 Å². The number of hydroxylamine groups is 2. The molecule has 1 saturated heterocycles. The van der Waals surface area contributed by atoms with E-state index in [1.54, 1.807) is 27.9 Å². The Labute approximate surface area is 163 Å². The second-order valence-corrected chi connectivity index (χ2v) is 7.45. The smallest absolute Gasteiger partial charge is 0.357 e. The second-order valence-electron chi connectivity index (χ2n) is 6.20. The quantitative estimate of drug-likeness (QED) is 0.580. The number of piperidine rings is 1. The molecule has 1 aliphatic heterocycles. The second kappa shape index (κ2) is 7.34. The minimum Gasteiger partial charge on any atom is -0.364 e. The Kier molecular flexibility index (Phi) is 4.93. The summed E-state index contributed by atoms with van der Waals surface area (Å²) in [6.45, 7) is 1.30. The maximum Gasteiger partial charge on any atom is 0.357 e. The Balaban J connectivity index is 1.52. The van der Waals surface area contributed by atoms with E-state index in [0.29, 0.717) is 29.5 Å². The third-order valence-corrected chi connectivity index (χ3v) is 5.26. The van der Waals surface area contributed by atoms with E-state index in [4.69, 9.17) is 21.4 Å². The highest BCUT2D eigenvalue weighted by Crippen LogP contribution is 2.29. The Morgan fingerprint density at radius 3 is 2.92 bits per heavy atom. The summed E-state index contributed by atoms with van der Waals surface area (Å²) < 4.78 is 2.38. The molecule has 26 heavy (non-hydrogen) atoms. The molecule has 4 rings (SSSR count). The van der Waals surface area contributed by atoms with Gasteiger partial charge in [0.1, 0.15) is 5.15 Å². The van der Waals surface area contributed by atoms with Gasteiger partial charge in [-0.25, -0.2) is 14.3 Å². The molecule has 1 aromatic carbocycles. The van der Waals surface area contributed by atoms with Crippen LogP contribution >= 0.6 is 27.5 Å². The summed E-state index contributed by atoms with van der Waals surface area (Å²) in [7, 11) is 0. The molecule has 1 unspecified atom stereocenters. The number of nitrogens with zero attached hydrogens (tertiary/aromatic N) is 4. The predicted octanol–water partition coefficient (Wildman–Crippen LogP) is 4.10. The minimum absolute atomic E-state index is 0.136. The van der Waals surface area contributed by atoms with Gasteiger partial charge in [0.2, 0.25) is 0 Å². The standard InChI is InChI=1S/C18H16BrClN4O2/c19-14-10-21-24-16(20)9-15(22-17(14)24)13-7-4-8-23(11-13)26-18(25)12-5-2-1-3-6-12/h1-3,5-6,9-10,13H,4,7-8,11H2. The number of hydrogen-bond donors (Lipinski definition) is 0. The normalized spacial score (nSPS) is 18.2. The Hall–Kier alpha value is -1.96. The van der Waals surface area contributed by atoms with Crippen molar-refractivity contribution in [3.63, 3.8) is 0 Å². The molecular weight excluding hydrogens is 420 g/mol. The van der Waals surface area contributed by atoms with Gasteiger partial charge in [-0.05, 0) is 47.0 Å². The van der Waals surface area contributed by atoms with Crippen molar-refractivity contribution in [2.24, 2.45) is 0 Å². The Bertz CT molecular complexity index is 947. The maximum atomic E-state index is 12.3. The fourth-order valence-corrected chi connectivity index (χ4v) is 3.72. The van der Waals surface area contributed by atoms with Crippen molar-refractivity contribution in [1.29, 1.82) is 0 Å². The number of hydrogen-bond acceptors (Lipinski definition) is 5. The number of fused-ring (bicyclic) bond motifs is 1. The lowest BCUT2D eigenvalue weighted by Gasteiger charge is -2.30. The molecule has 1 aliphatic rings. The van der Waals surface area contributed by atoms with E-state index in [0.717, 1.165) is 23.0 Å². The Morgan fingerprint density at radius 1 is 1.31 bits per heavy atom. The SMILES string of the molecule is O=C(ON1CCCC(c2cc(Cl)n3ncc(Br)c3n2)C1)c1ccccc1. The first kappa shape index (κ1) is 17.5. The zero-order valence-electron chi connectivity index (χ0n) is 13.8. The lowest BCUT2D eigenvalue weighted by atomic mass is 9.96. The molecule has 1 fully saturated rings. The average Bonchev–Trinajstić information content (AvgIpc) is 3.04. The summed E-state index contributed by atoms with van der Waals surface area (Å²) in [6, 6.07) is 10.8. The first-order valence-electron chi connectivity index (χ1n) is 8.34. The zero-order chi connectivity index (χ0) is 18.1. The van der Waals surface area contributed by atoms with Gasteiger partial charge in [0.15, 0.2) is 5.65 Å². The monoisotopic (exact) mass is 434 g/mol. The van der Waals surface area contributed by atoms with Gasteiger partial charge in [-0.1, -0.05) is 29.8 Å². The summed E-state index contributed by atoms with van der Waals surface area (Å²) in [5.41, 5.74) is 2.11. The highest BCUT2D eigenvalue weighted by atomic mass is 79.9. The number of halogens is 2. The van der Waals surface area contributed by atoms with Crippen LogP contribution in [0.3, 0.4) is 0 Å². The molecule has 0 saturated carbocycles. The molecule has 2 aromatic heterocycles. The van der Waals surface area contributed by atoms with Crippen molar-refractivity contribution in [2.45, 2.75) is 18.8 Å². The van der Waals surface area contributed by atoms with Gasteiger partial charge in [0.05, 0.1) is 21.9 Å². The largest absolute Gasteiger partial charge is 0.364 e. The topological polar surface area (TPSA) is 59.7 Å². The summed E-state index contributed by atoms with van der Waals surface area (Å²) in [6.07, 6.45) is 3.55. The first-order valence-corrected chi connectivity index (χ1v) is 9.51. The van der Waals surface area contributed by atoms with Crippen LogP contribution in [0.2, 0.25) is 5.15 Å². The van der Waals surface area contributed by atoms with Crippen LogP contribution in [-0.2, 0) is 4.84 Å². The van der Waals surface area contributed by atoms with E-state index in [2.05, 4.69) is 21.0 Å². The summed E-state index contributed by atoms with van der Waals surface area (Å²) in [4.78, 5) is 22.5. The molecule has 0 spiro atoms. The predicted molar refractivity (Wildman–Crippen MR) is 101 cm³/mol. The highest BCUT2D eigenvalue weighted by molar-refractivity contribution is 9.10. The fourth-order valence-electron chi connectivity index (χ4n) is 3.14. The molecule has 0 N–H and O–H groups in total. The van der Waals surface area contributed by atoms with Crippen LogP contribution in [0.4, 0.5) is 0 Å². The van der Waals surface area contributed by atoms with Crippen LogP contribution in [-0.4, -0.2) is 38.7 Å². The van der Waals surface area contributed by atoms with E-state index >= 15 is 0 Å². The van der Waals surface area contributed by atoms with Gasteiger partial charge >= 0.3 is 5.97 Å². The van der Waals surface area contributed by atoms with Crippen LogP contribution in [0.25, 0.3) is 5.65 Å². The number of benzene rings is 1. The Morgan fingerprint density at radius 2 is 2.12 bits per heavy atom. The molecule has 3 heterocycles. The number of rotatable bonds is 3. The molecule has 0 amide bonds. The third kappa shape index (κ3) is 3.47. The van der Waals surface area contributed by atoms with E-state index in [9.17, 15) is 4.79 Å². The average molecular weight is 436 g/mol. The van der Waals surface area contributed by atoms with Gasteiger partial charge in [0, 0.05) is 19.0 Å². The first-order chi connectivity index (χ1) is 12.6. The molecular formula is C18H16BrClN4O2. The van der Waals surface area contributed by atoms with E-state index < -0.39 is 0 Å². The molecule has 0 radical (unpaired) electrons. The summed E-state index contributed by atoms with van der Waals surface area (Å²) in [5.74, 6) is -0.206. The van der Waals surface area contributed by atoms with Crippen LogP contribution in [0, 0.1) is 0 Å². The molecule has 3 aromatic rings. The molecule has 134 valence electrons. The molecule has 6 nitrogen and oxygen atoms in total. The summed E-state index contributed by atoms with van der Waals surface area (Å²) in [5, 5.41) is 6.41. The van der Waals surface area contributed by atoms with Crippen molar-refractivity contribution in [3.05, 3.63) is 63.5 Å². The van der Waals surface area contributed by atoms with Crippen LogP contribution < -0.4 is 0 Å². The lowest BCUT2D eigenvalue weighted by molar-refractivity contribution is -0.123. The van der Waals surface area contributed by atoms with Crippen molar-refractivity contribution < 1.29 is 9.63 Å². The molecule has 8 heteroatoms. The maximum absolute atomic E-state index is 12.3. The zero-order valence-corrected chi connectivity index (χ0v) is 16.2. The molecule has 1 atom stereocenters. The fraction of sp³-hybridized carbons (Fsp3) is 0.278. The minimum atomic E-state index is -0.341. The van der Waals surface area contributed by atoms with Crippen molar-refractivity contribution in [1.82, 2.24) is 19.7 Å². The van der Waals surface area contributed by atoms with E-state index in [-0.39, 0.29) is 11.9 Å². The van der Waals surface area contributed by atoms with Crippen LogP contribution in [0.15, 0.2) is 47.1 Å². The van der Waals surface area contributed by atoms with Gasteiger partial charge in [-0.3, -0.25) is 0 Å². The molecule has 0 aliphatic carbocycles. The van der Waals surface area contributed by atoms with Crippen molar-refractivity contribution >= 4 is 39.1 Å². The molecule has 0 bridgehead atoms. The summed E-state index contributed by atoms with van der Waals surface area (Å²) >= 11 is 9.78. The highest BCUT2D eigenvalue weighted by Gasteiger charge is 2.26.